The third-order valence-electron chi connectivity index (χ3n) is 4.51. The van der Waals surface area contributed by atoms with Crippen LogP contribution < -0.4 is 11.1 Å². The van der Waals surface area contributed by atoms with Crippen LogP contribution in [0.2, 0.25) is 0 Å². The van der Waals surface area contributed by atoms with Gasteiger partial charge in [0.1, 0.15) is 0 Å². The summed E-state index contributed by atoms with van der Waals surface area (Å²) in [7, 11) is 0. The average Bonchev–Trinajstić information content (AvgIpc) is 2.49. The van der Waals surface area contributed by atoms with E-state index < -0.39 is 17.8 Å². The summed E-state index contributed by atoms with van der Waals surface area (Å²) in [5.74, 6) is 0.00900. The summed E-state index contributed by atoms with van der Waals surface area (Å²) in [4.78, 5) is 12.1. The van der Waals surface area contributed by atoms with Gasteiger partial charge in [-0.25, -0.2) is 0 Å². The highest BCUT2D eigenvalue weighted by molar-refractivity contribution is 5.85. The minimum absolute atomic E-state index is 0. The molecule has 7 heteroatoms. The van der Waals surface area contributed by atoms with Gasteiger partial charge in [-0.2, -0.15) is 13.2 Å². The van der Waals surface area contributed by atoms with Crippen LogP contribution in [0, 0.1) is 5.92 Å². The van der Waals surface area contributed by atoms with Crippen LogP contribution in [-0.4, -0.2) is 11.9 Å². The van der Waals surface area contributed by atoms with E-state index in [1.54, 1.807) is 13.0 Å². The van der Waals surface area contributed by atoms with Crippen molar-refractivity contribution in [1.82, 2.24) is 5.32 Å². The van der Waals surface area contributed by atoms with E-state index in [-0.39, 0.29) is 30.3 Å². The number of carbonyl (C=O) groups excluding carboxylic acids is 1. The SMILES string of the molecule is CC(NC(=O)CC1CCCCC1N)c1cccc(C(F)(F)F)c1.Cl. The number of hydrogen-bond donors (Lipinski definition) is 2. The molecular formula is C17H24ClF3N2O. The predicted octanol–water partition coefficient (Wildman–Crippen LogP) is 4.21. The third-order valence-corrected chi connectivity index (χ3v) is 4.51. The molecule has 0 radical (unpaired) electrons. The highest BCUT2D eigenvalue weighted by Crippen LogP contribution is 2.31. The van der Waals surface area contributed by atoms with Crippen molar-refractivity contribution in [3.63, 3.8) is 0 Å². The number of nitrogens with one attached hydrogen (secondary N) is 1. The number of halogens is 4. The predicted molar refractivity (Wildman–Crippen MR) is 89.8 cm³/mol. The Kier molecular flexibility index (Phi) is 7.55. The van der Waals surface area contributed by atoms with E-state index in [9.17, 15) is 18.0 Å². The maximum absolute atomic E-state index is 12.7. The second-order valence-corrected chi connectivity index (χ2v) is 6.32. The van der Waals surface area contributed by atoms with Gasteiger partial charge in [-0.3, -0.25) is 4.79 Å². The number of rotatable bonds is 4. The Morgan fingerprint density at radius 3 is 2.62 bits per heavy atom. The molecule has 0 saturated heterocycles. The number of carbonyl (C=O) groups is 1. The fourth-order valence-corrected chi connectivity index (χ4v) is 3.10. The van der Waals surface area contributed by atoms with Crippen molar-refractivity contribution in [3.8, 4) is 0 Å². The van der Waals surface area contributed by atoms with E-state index >= 15 is 0 Å². The fourth-order valence-electron chi connectivity index (χ4n) is 3.10. The van der Waals surface area contributed by atoms with Gasteiger partial charge in [-0.05, 0) is 43.4 Å². The van der Waals surface area contributed by atoms with E-state index in [0.717, 1.165) is 37.8 Å². The Hall–Kier alpha value is -1.27. The summed E-state index contributed by atoms with van der Waals surface area (Å²) in [6.45, 7) is 1.69. The second kappa shape index (κ2) is 8.72. The van der Waals surface area contributed by atoms with Gasteiger partial charge in [-0.1, -0.05) is 25.0 Å². The smallest absolute Gasteiger partial charge is 0.350 e. The van der Waals surface area contributed by atoms with Gasteiger partial charge in [0.25, 0.3) is 0 Å². The molecule has 1 aliphatic carbocycles. The first-order chi connectivity index (χ1) is 10.8. The normalized spacial score (nSPS) is 22.4. The standard InChI is InChI=1S/C17H23F3N2O.ClH/c1-11(12-6-4-7-14(9-12)17(18,19)20)22-16(23)10-13-5-2-3-8-15(13)21;/h4,6-7,9,11,13,15H,2-3,5,8,10,21H2,1H3,(H,22,23);1H. The van der Waals surface area contributed by atoms with Crippen LogP contribution in [0.3, 0.4) is 0 Å². The molecule has 0 aliphatic heterocycles. The number of benzene rings is 1. The van der Waals surface area contributed by atoms with Gasteiger partial charge in [0.15, 0.2) is 0 Å². The van der Waals surface area contributed by atoms with Crippen molar-refractivity contribution in [2.45, 2.75) is 57.3 Å². The molecule has 1 fully saturated rings. The second-order valence-electron chi connectivity index (χ2n) is 6.32. The maximum atomic E-state index is 12.7. The Balaban J connectivity index is 0.00000288. The summed E-state index contributed by atoms with van der Waals surface area (Å²) < 4.78 is 38.2. The van der Waals surface area contributed by atoms with Crippen molar-refractivity contribution >= 4 is 18.3 Å². The number of nitrogens with two attached hydrogens (primary N) is 1. The van der Waals surface area contributed by atoms with Crippen molar-refractivity contribution in [2.24, 2.45) is 11.7 Å². The molecule has 136 valence electrons. The first-order valence-electron chi connectivity index (χ1n) is 7.99. The summed E-state index contributed by atoms with van der Waals surface area (Å²) in [5.41, 5.74) is 5.77. The lowest BCUT2D eigenvalue weighted by Crippen LogP contribution is -2.37. The number of hydrogen-bond acceptors (Lipinski definition) is 2. The molecule has 3 unspecified atom stereocenters. The number of alkyl halides is 3. The zero-order chi connectivity index (χ0) is 17.0. The van der Waals surface area contributed by atoms with Crippen molar-refractivity contribution < 1.29 is 18.0 Å². The molecular weight excluding hydrogens is 341 g/mol. The van der Waals surface area contributed by atoms with E-state index in [4.69, 9.17) is 5.73 Å². The van der Waals surface area contributed by atoms with Crippen LogP contribution >= 0.6 is 12.4 Å². The molecule has 0 aromatic heterocycles. The monoisotopic (exact) mass is 364 g/mol. The Morgan fingerprint density at radius 2 is 2.00 bits per heavy atom. The summed E-state index contributed by atoms with van der Waals surface area (Å²) >= 11 is 0. The van der Waals surface area contributed by atoms with E-state index in [1.165, 1.54) is 6.07 Å². The molecule has 0 bridgehead atoms. The van der Waals surface area contributed by atoms with E-state index in [0.29, 0.717) is 12.0 Å². The van der Waals surface area contributed by atoms with Crippen LogP contribution in [-0.2, 0) is 11.0 Å². The highest BCUT2D eigenvalue weighted by atomic mass is 35.5. The van der Waals surface area contributed by atoms with Crippen LogP contribution in [0.1, 0.15) is 56.2 Å². The lowest BCUT2D eigenvalue weighted by molar-refractivity contribution is -0.137. The first kappa shape index (κ1) is 20.8. The van der Waals surface area contributed by atoms with Crippen LogP contribution in [0.25, 0.3) is 0 Å². The van der Waals surface area contributed by atoms with Gasteiger partial charge >= 0.3 is 6.18 Å². The molecule has 3 N–H and O–H groups in total. The zero-order valence-corrected chi connectivity index (χ0v) is 14.4. The molecule has 1 aromatic carbocycles. The van der Waals surface area contributed by atoms with E-state index in [2.05, 4.69) is 5.32 Å². The molecule has 24 heavy (non-hydrogen) atoms. The number of amides is 1. The molecule has 3 atom stereocenters. The lowest BCUT2D eigenvalue weighted by Gasteiger charge is -2.28. The Morgan fingerprint density at radius 1 is 1.33 bits per heavy atom. The van der Waals surface area contributed by atoms with Crippen molar-refractivity contribution in [2.75, 3.05) is 0 Å². The Labute approximate surface area is 146 Å². The van der Waals surface area contributed by atoms with Crippen molar-refractivity contribution in [1.29, 1.82) is 0 Å². The third kappa shape index (κ3) is 5.67. The van der Waals surface area contributed by atoms with Crippen molar-refractivity contribution in [3.05, 3.63) is 35.4 Å². The molecule has 1 saturated carbocycles. The zero-order valence-electron chi connectivity index (χ0n) is 13.6. The van der Waals surface area contributed by atoms with Gasteiger partial charge in [0.2, 0.25) is 5.91 Å². The average molecular weight is 365 g/mol. The molecule has 0 heterocycles. The largest absolute Gasteiger partial charge is 0.416 e. The molecule has 0 spiro atoms. The van der Waals surface area contributed by atoms with Crippen LogP contribution in [0.4, 0.5) is 13.2 Å². The topological polar surface area (TPSA) is 55.1 Å². The summed E-state index contributed by atoms with van der Waals surface area (Å²) in [5, 5.41) is 2.78. The molecule has 3 nitrogen and oxygen atoms in total. The first-order valence-corrected chi connectivity index (χ1v) is 7.99. The van der Waals surface area contributed by atoms with Gasteiger partial charge in [0.05, 0.1) is 11.6 Å². The highest BCUT2D eigenvalue weighted by Gasteiger charge is 2.31. The molecule has 2 rings (SSSR count). The lowest BCUT2D eigenvalue weighted by atomic mass is 9.83. The van der Waals surface area contributed by atoms with Gasteiger partial charge < -0.3 is 11.1 Å². The fraction of sp³-hybridized carbons (Fsp3) is 0.588. The van der Waals surface area contributed by atoms with Crippen LogP contribution in [0.5, 0.6) is 0 Å². The minimum Gasteiger partial charge on any atom is -0.350 e. The van der Waals surface area contributed by atoms with E-state index in [1.807, 2.05) is 0 Å². The Bertz CT molecular complexity index is 551. The van der Waals surface area contributed by atoms with Gasteiger partial charge in [0, 0.05) is 12.5 Å². The van der Waals surface area contributed by atoms with Crippen LogP contribution in [0.15, 0.2) is 24.3 Å². The molecule has 1 aromatic rings. The van der Waals surface area contributed by atoms with Gasteiger partial charge in [-0.15, -0.1) is 12.4 Å². The summed E-state index contributed by atoms with van der Waals surface area (Å²) in [6, 6.07) is 4.63. The molecule has 1 amide bonds. The maximum Gasteiger partial charge on any atom is 0.416 e. The quantitative estimate of drug-likeness (QED) is 0.840. The minimum atomic E-state index is -4.38. The molecule has 1 aliphatic rings. The summed E-state index contributed by atoms with van der Waals surface area (Å²) in [6.07, 6.45) is 0.00147.